The topological polar surface area (TPSA) is 9.23 Å². The lowest BCUT2D eigenvalue weighted by molar-refractivity contribution is 0.307. The average Bonchev–Trinajstić information content (AvgIpc) is 2.42. The van der Waals surface area contributed by atoms with E-state index in [2.05, 4.69) is 37.3 Å². The minimum Gasteiger partial charge on any atom is -0.494 e. The zero-order valence-corrected chi connectivity index (χ0v) is 10.6. The summed E-state index contributed by atoms with van der Waals surface area (Å²) in [6.07, 6.45) is 3.38. The van der Waals surface area contributed by atoms with Crippen molar-refractivity contribution in [1.82, 2.24) is 0 Å². The highest BCUT2D eigenvalue weighted by molar-refractivity contribution is 5.28. The smallest absolute Gasteiger partial charge is 0.119 e. The first-order valence-corrected chi connectivity index (χ1v) is 6.43. The lowest BCUT2D eigenvalue weighted by Crippen LogP contribution is -1.98. The van der Waals surface area contributed by atoms with E-state index in [1.54, 1.807) is 0 Å². The summed E-state index contributed by atoms with van der Waals surface area (Å²) < 4.78 is 5.67. The third kappa shape index (κ3) is 4.25. The van der Waals surface area contributed by atoms with Crippen molar-refractivity contribution in [2.75, 3.05) is 6.61 Å². The molecule has 0 spiro atoms. The highest BCUT2D eigenvalue weighted by Gasteiger charge is 1.95. The normalized spacial score (nSPS) is 10.3. The predicted molar refractivity (Wildman–Crippen MR) is 75.8 cm³/mol. The summed E-state index contributed by atoms with van der Waals surface area (Å²) in [5, 5.41) is 0. The largest absolute Gasteiger partial charge is 0.494 e. The van der Waals surface area contributed by atoms with Crippen molar-refractivity contribution in [2.24, 2.45) is 0 Å². The van der Waals surface area contributed by atoms with Crippen LogP contribution in [0.15, 0.2) is 54.6 Å². The Balaban J connectivity index is 1.63. The molecule has 1 heteroatoms. The van der Waals surface area contributed by atoms with Crippen LogP contribution < -0.4 is 4.74 Å². The van der Waals surface area contributed by atoms with Crippen LogP contribution in [0.5, 0.6) is 5.75 Å². The van der Waals surface area contributed by atoms with Crippen molar-refractivity contribution in [1.29, 1.82) is 0 Å². The average molecular weight is 239 g/mol. The van der Waals surface area contributed by atoms with Crippen molar-refractivity contribution in [3.8, 4) is 5.75 Å². The molecule has 0 saturated carbocycles. The van der Waals surface area contributed by atoms with Gasteiger partial charge in [0.25, 0.3) is 0 Å². The molecule has 0 saturated heterocycles. The van der Waals surface area contributed by atoms with Crippen molar-refractivity contribution in [3.63, 3.8) is 0 Å². The molecule has 0 aliphatic carbocycles. The number of hydrogen-bond acceptors (Lipinski definition) is 1. The molecular weight excluding hydrogens is 220 g/mol. The predicted octanol–water partition coefficient (Wildman–Crippen LogP) is 4.27. The Morgan fingerprint density at radius 2 is 1.56 bits per heavy atom. The van der Waals surface area contributed by atoms with Gasteiger partial charge in [-0.1, -0.05) is 42.5 Å². The van der Waals surface area contributed by atoms with Crippen molar-refractivity contribution < 1.29 is 4.74 Å². The van der Waals surface area contributed by atoms with Gasteiger partial charge in [0.1, 0.15) is 5.75 Å². The molecule has 0 heterocycles. The number of aryl methyl sites for hydroxylation is 1. The van der Waals surface area contributed by atoms with E-state index in [0.717, 1.165) is 37.2 Å². The van der Waals surface area contributed by atoms with Gasteiger partial charge < -0.3 is 4.74 Å². The molecule has 0 unspecified atom stereocenters. The van der Waals surface area contributed by atoms with Gasteiger partial charge in [-0.05, 0) is 49.4 Å². The minimum atomic E-state index is 0.781. The maximum absolute atomic E-state index is 5.67. The van der Waals surface area contributed by atoms with E-state index in [-0.39, 0.29) is 0 Å². The standard InChI is InChI=1S/C17H19O/c1-15-10-12-17(13-11-15)18-14-6-5-9-16-7-3-2-4-8-16/h2-4,7-8,10-13H,1,5-6,9,14H2. The van der Waals surface area contributed by atoms with Crippen molar-refractivity contribution in [3.05, 3.63) is 72.6 Å². The van der Waals surface area contributed by atoms with Gasteiger partial charge in [0.2, 0.25) is 0 Å². The number of benzene rings is 2. The number of rotatable bonds is 6. The summed E-state index contributed by atoms with van der Waals surface area (Å²) in [5.74, 6) is 0.933. The summed E-state index contributed by atoms with van der Waals surface area (Å²) in [6.45, 7) is 4.63. The fourth-order valence-corrected chi connectivity index (χ4v) is 1.85. The van der Waals surface area contributed by atoms with Gasteiger partial charge in [0.15, 0.2) is 0 Å². The van der Waals surface area contributed by atoms with E-state index in [9.17, 15) is 0 Å². The number of unbranched alkanes of at least 4 members (excludes halogenated alkanes) is 1. The molecule has 2 rings (SSSR count). The van der Waals surface area contributed by atoms with Crippen LogP contribution in [0.25, 0.3) is 0 Å². The third-order valence-electron chi connectivity index (χ3n) is 2.89. The molecule has 1 radical (unpaired) electrons. The van der Waals surface area contributed by atoms with Crippen LogP contribution in [0.3, 0.4) is 0 Å². The van der Waals surface area contributed by atoms with Crippen LogP contribution >= 0.6 is 0 Å². The molecule has 0 atom stereocenters. The molecular formula is C17H19O. The Labute approximate surface area is 109 Å². The summed E-state index contributed by atoms with van der Waals surface area (Å²) in [5.41, 5.74) is 2.42. The van der Waals surface area contributed by atoms with E-state index < -0.39 is 0 Å². The second-order valence-electron chi connectivity index (χ2n) is 4.44. The first kappa shape index (κ1) is 12.7. The Morgan fingerprint density at radius 3 is 2.28 bits per heavy atom. The zero-order valence-electron chi connectivity index (χ0n) is 10.6. The van der Waals surface area contributed by atoms with Gasteiger partial charge in [-0.25, -0.2) is 0 Å². The monoisotopic (exact) mass is 239 g/mol. The Morgan fingerprint density at radius 1 is 0.833 bits per heavy atom. The van der Waals surface area contributed by atoms with Gasteiger partial charge in [0.05, 0.1) is 6.61 Å². The molecule has 2 aromatic carbocycles. The molecule has 0 N–H and O–H groups in total. The highest BCUT2D eigenvalue weighted by Crippen LogP contribution is 2.12. The molecule has 18 heavy (non-hydrogen) atoms. The summed E-state index contributed by atoms with van der Waals surface area (Å²) in [4.78, 5) is 0. The fourth-order valence-electron chi connectivity index (χ4n) is 1.85. The van der Waals surface area contributed by atoms with Crippen LogP contribution in [-0.2, 0) is 6.42 Å². The van der Waals surface area contributed by atoms with Crippen LogP contribution in [0, 0.1) is 6.92 Å². The van der Waals surface area contributed by atoms with Gasteiger partial charge in [0, 0.05) is 0 Å². The Hall–Kier alpha value is -1.76. The number of ether oxygens (including phenoxy) is 1. The van der Waals surface area contributed by atoms with Gasteiger partial charge >= 0.3 is 0 Å². The fraction of sp³-hybridized carbons (Fsp3) is 0.235. The molecule has 2 aromatic rings. The second kappa shape index (κ2) is 6.85. The molecule has 93 valence electrons. The quantitative estimate of drug-likeness (QED) is 0.684. The SMILES string of the molecule is [CH2]c1ccc(OCCCCc2ccccc2)cc1. The first-order valence-electron chi connectivity index (χ1n) is 6.43. The van der Waals surface area contributed by atoms with E-state index in [1.165, 1.54) is 5.56 Å². The van der Waals surface area contributed by atoms with Gasteiger partial charge in [-0.2, -0.15) is 0 Å². The molecule has 0 amide bonds. The molecule has 0 fully saturated rings. The molecule has 0 bridgehead atoms. The lowest BCUT2D eigenvalue weighted by atomic mass is 10.1. The minimum absolute atomic E-state index is 0.781. The van der Waals surface area contributed by atoms with Crippen LogP contribution in [0.2, 0.25) is 0 Å². The molecule has 1 nitrogen and oxygen atoms in total. The molecule has 0 aliphatic rings. The van der Waals surface area contributed by atoms with Crippen LogP contribution in [0.4, 0.5) is 0 Å². The summed E-state index contributed by atoms with van der Waals surface area (Å²) in [6, 6.07) is 18.5. The van der Waals surface area contributed by atoms with Gasteiger partial charge in [-0.15, -0.1) is 0 Å². The number of hydrogen-bond donors (Lipinski definition) is 0. The lowest BCUT2D eigenvalue weighted by Gasteiger charge is -2.06. The van der Waals surface area contributed by atoms with Crippen LogP contribution in [0.1, 0.15) is 24.0 Å². The maximum atomic E-state index is 5.67. The summed E-state index contributed by atoms with van der Waals surface area (Å²) >= 11 is 0. The van der Waals surface area contributed by atoms with Gasteiger partial charge in [-0.3, -0.25) is 0 Å². The van der Waals surface area contributed by atoms with Crippen molar-refractivity contribution >= 4 is 0 Å². The Kier molecular flexibility index (Phi) is 4.83. The van der Waals surface area contributed by atoms with E-state index in [4.69, 9.17) is 4.74 Å². The zero-order chi connectivity index (χ0) is 12.6. The molecule has 0 aromatic heterocycles. The summed E-state index contributed by atoms with van der Waals surface area (Å²) in [7, 11) is 0. The van der Waals surface area contributed by atoms with E-state index in [0.29, 0.717) is 0 Å². The molecule has 0 aliphatic heterocycles. The Bertz CT molecular complexity index is 445. The van der Waals surface area contributed by atoms with Crippen LogP contribution in [-0.4, -0.2) is 6.61 Å². The van der Waals surface area contributed by atoms with Crippen molar-refractivity contribution in [2.45, 2.75) is 19.3 Å². The van der Waals surface area contributed by atoms with E-state index in [1.807, 2.05) is 24.3 Å². The highest BCUT2D eigenvalue weighted by atomic mass is 16.5. The third-order valence-corrected chi connectivity index (χ3v) is 2.89. The second-order valence-corrected chi connectivity index (χ2v) is 4.44. The van der Waals surface area contributed by atoms with E-state index >= 15 is 0 Å². The maximum Gasteiger partial charge on any atom is 0.119 e. The first-order chi connectivity index (χ1) is 8.84.